The van der Waals surface area contributed by atoms with Gasteiger partial charge in [-0.25, -0.2) is 4.39 Å². The Morgan fingerprint density at radius 2 is 1.96 bits per heavy atom. The maximum atomic E-state index is 13.8. The fourth-order valence-electron chi connectivity index (χ4n) is 2.91. The molecule has 0 aromatic heterocycles. The number of likely N-dealkylation sites (N-methyl/N-ethyl adjacent to an activating group) is 1. The molecule has 1 fully saturated rings. The first-order valence-electron chi connectivity index (χ1n) is 8.04. The highest BCUT2D eigenvalue weighted by molar-refractivity contribution is 6.30. The summed E-state index contributed by atoms with van der Waals surface area (Å²) in [7, 11) is 2.12. The Morgan fingerprint density at radius 3 is 2.52 bits per heavy atom. The van der Waals surface area contributed by atoms with Crippen LogP contribution in [0.3, 0.4) is 0 Å². The van der Waals surface area contributed by atoms with Gasteiger partial charge in [0.15, 0.2) is 0 Å². The number of piperazine rings is 1. The number of hydrogen-bond acceptors (Lipinski definition) is 3. The fourth-order valence-corrected chi connectivity index (χ4v) is 3.06. The molecule has 1 aliphatic rings. The average Bonchev–Trinajstić information content (AvgIpc) is 2.48. The molecule has 4 nitrogen and oxygen atoms in total. The number of nitrogens with zero attached hydrogens (tertiary/aromatic N) is 2. The van der Waals surface area contributed by atoms with Crippen LogP contribution in [0.25, 0.3) is 0 Å². The van der Waals surface area contributed by atoms with Crippen LogP contribution < -0.4 is 5.32 Å². The number of nitrogens with one attached hydrogen (secondary N) is 1. The standard InChI is InChI=1S/C17H25ClFN3O/c1-12(2)16(22-8-6-21(3)7-9-22)11-20-17(23)14-5-4-13(18)10-15(14)19/h4-5,10,12,16H,6-9,11H2,1-3H3,(H,20,23). The first-order valence-corrected chi connectivity index (χ1v) is 8.42. The van der Waals surface area contributed by atoms with Crippen LogP contribution in [0, 0.1) is 11.7 Å². The van der Waals surface area contributed by atoms with E-state index in [-0.39, 0.29) is 22.5 Å². The molecule has 1 heterocycles. The lowest BCUT2D eigenvalue weighted by Crippen LogP contribution is -2.54. The van der Waals surface area contributed by atoms with Gasteiger partial charge in [-0.05, 0) is 31.2 Å². The van der Waals surface area contributed by atoms with Gasteiger partial charge in [0.05, 0.1) is 5.56 Å². The second kappa shape index (κ2) is 8.08. The van der Waals surface area contributed by atoms with Crippen LogP contribution in [0.5, 0.6) is 0 Å². The summed E-state index contributed by atoms with van der Waals surface area (Å²) in [4.78, 5) is 16.9. The average molecular weight is 342 g/mol. The molecule has 1 aromatic carbocycles. The normalized spacial score (nSPS) is 18.2. The Hall–Kier alpha value is -1.17. The number of hydrogen-bond donors (Lipinski definition) is 1. The van der Waals surface area contributed by atoms with Gasteiger partial charge in [0.1, 0.15) is 5.82 Å². The van der Waals surface area contributed by atoms with Gasteiger partial charge in [-0.2, -0.15) is 0 Å². The van der Waals surface area contributed by atoms with Gasteiger partial charge in [0.25, 0.3) is 5.91 Å². The number of halogens is 2. The maximum absolute atomic E-state index is 13.8. The molecule has 0 spiro atoms. The predicted molar refractivity (Wildman–Crippen MR) is 91.4 cm³/mol. The molecule has 1 amide bonds. The Morgan fingerprint density at radius 1 is 1.30 bits per heavy atom. The van der Waals surface area contributed by atoms with Gasteiger partial charge in [0, 0.05) is 43.8 Å². The molecule has 0 saturated carbocycles. The van der Waals surface area contributed by atoms with E-state index in [2.05, 4.69) is 36.0 Å². The summed E-state index contributed by atoms with van der Waals surface area (Å²) >= 11 is 5.72. The molecule has 2 rings (SSSR count). The van der Waals surface area contributed by atoms with Gasteiger partial charge in [-0.15, -0.1) is 0 Å². The molecule has 23 heavy (non-hydrogen) atoms. The molecule has 1 aromatic rings. The second-order valence-corrected chi connectivity index (χ2v) is 6.92. The lowest BCUT2D eigenvalue weighted by atomic mass is 10.0. The van der Waals surface area contributed by atoms with Crippen molar-refractivity contribution in [1.29, 1.82) is 0 Å². The molecular weight excluding hydrogens is 317 g/mol. The van der Waals surface area contributed by atoms with Crippen molar-refractivity contribution in [1.82, 2.24) is 15.1 Å². The zero-order valence-electron chi connectivity index (χ0n) is 14.0. The molecular formula is C17H25ClFN3O. The first-order chi connectivity index (χ1) is 10.9. The minimum Gasteiger partial charge on any atom is -0.350 e. The van der Waals surface area contributed by atoms with Crippen molar-refractivity contribution in [2.75, 3.05) is 39.8 Å². The zero-order chi connectivity index (χ0) is 17.0. The van der Waals surface area contributed by atoms with E-state index in [1.165, 1.54) is 12.1 Å². The van der Waals surface area contributed by atoms with E-state index >= 15 is 0 Å². The van der Waals surface area contributed by atoms with Crippen molar-refractivity contribution in [3.63, 3.8) is 0 Å². The smallest absolute Gasteiger partial charge is 0.254 e. The number of amides is 1. The van der Waals surface area contributed by atoms with Crippen LogP contribution in [0.2, 0.25) is 5.02 Å². The molecule has 1 aliphatic heterocycles. The van der Waals surface area contributed by atoms with Crippen LogP contribution in [-0.2, 0) is 0 Å². The van der Waals surface area contributed by atoms with Crippen molar-refractivity contribution in [2.45, 2.75) is 19.9 Å². The number of carbonyl (C=O) groups is 1. The molecule has 0 bridgehead atoms. The van der Waals surface area contributed by atoms with Crippen molar-refractivity contribution >= 4 is 17.5 Å². The molecule has 1 atom stereocenters. The summed E-state index contributed by atoms with van der Waals surface area (Å²) in [5.74, 6) is -0.566. The number of benzene rings is 1. The monoisotopic (exact) mass is 341 g/mol. The maximum Gasteiger partial charge on any atom is 0.254 e. The van der Waals surface area contributed by atoms with Crippen molar-refractivity contribution < 1.29 is 9.18 Å². The van der Waals surface area contributed by atoms with Crippen LogP contribution >= 0.6 is 11.6 Å². The third-order valence-corrected chi connectivity index (χ3v) is 4.66. The highest BCUT2D eigenvalue weighted by Crippen LogP contribution is 2.16. The molecule has 1 saturated heterocycles. The van der Waals surface area contributed by atoms with Gasteiger partial charge >= 0.3 is 0 Å². The first kappa shape index (κ1) is 18.2. The Bertz CT molecular complexity index is 545. The number of carbonyl (C=O) groups excluding carboxylic acids is 1. The van der Waals surface area contributed by atoms with Crippen LogP contribution in [0.1, 0.15) is 24.2 Å². The summed E-state index contributed by atoms with van der Waals surface area (Å²) in [6, 6.07) is 4.37. The molecule has 1 unspecified atom stereocenters. The fraction of sp³-hybridized carbons (Fsp3) is 0.588. The largest absolute Gasteiger partial charge is 0.350 e. The van der Waals surface area contributed by atoms with Crippen LogP contribution in [0.15, 0.2) is 18.2 Å². The van der Waals surface area contributed by atoms with Crippen molar-refractivity contribution in [3.8, 4) is 0 Å². The van der Waals surface area contributed by atoms with E-state index in [1.54, 1.807) is 0 Å². The van der Waals surface area contributed by atoms with E-state index in [0.29, 0.717) is 12.5 Å². The van der Waals surface area contributed by atoms with Crippen molar-refractivity contribution in [2.24, 2.45) is 5.92 Å². The molecule has 1 N–H and O–H groups in total. The van der Waals surface area contributed by atoms with Crippen LogP contribution in [-0.4, -0.2) is 61.5 Å². The molecule has 6 heteroatoms. The second-order valence-electron chi connectivity index (χ2n) is 6.48. The summed E-state index contributed by atoms with van der Waals surface area (Å²) in [6.45, 7) is 8.86. The zero-order valence-corrected chi connectivity index (χ0v) is 14.7. The predicted octanol–water partition coefficient (Wildman–Crippen LogP) is 2.48. The third kappa shape index (κ3) is 4.90. The van der Waals surface area contributed by atoms with E-state index < -0.39 is 5.82 Å². The highest BCUT2D eigenvalue weighted by atomic mass is 35.5. The topological polar surface area (TPSA) is 35.6 Å². The minimum absolute atomic E-state index is 0.0373. The van der Waals surface area contributed by atoms with Gasteiger partial charge in [-0.3, -0.25) is 9.69 Å². The minimum atomic E-state index is -0.587. The lowest BCUT2D eigenvalue weighted by Gasteiger charge is -2.39. The summed E-state index contributed by atoms with van der Waals surface area (Å²) in [6.07, 6.45) is 0. The summed E-state index contributed by atoms with van der Waals surface area (Å²) in [5.41, 5.74) is 0.0373. The summed E-state index contributed by atoms with van der Waals surface area (Å²) in [5, 5.41) is 3.16. The Labute approximate surface area is 142 Å². The molecule has 128 valence electrons. The quantitative estimate of drug-likeness (QED) is 0.893. The third-order valence-electron chi connectivity index (χ3n) is 4.42. The van der Waals surface area contributed by atoms with Gasteiger partial charge in [-0.1, -0.05) is 25.4 Å². The molecule has 0 aliphatic carbocycles. The highest BCUT2D eigenvalue weighted by Gasteiger charge is 2.25. The number of rotatable bonds is 5. The van der Waals surface area contributed by atoms with Crippen molar-refractivity contribution in [3.05, 3.63) is 34.6 Å². The van der Waals surface area contributed by atoms with E-state index in [9.17, 15) is 9.18 Å². The van der Waals surface area contributed by atoms with E-state index in [4.69, 9.17) is 11.6 Å². The lowest BCUT2D eigenvalue weighted by molar-refractivity contribution is 0.0789. The van der Waals surface area contributed by atoms with E-state index in [0.717, 1.165) is 32.2 Å². The Balaban J connectivity index is 1.97. The van der Waals surface area contributed by atoms with E-state index in [1.807, 2.05) is 0 Å². The molecule has 0 radical (unpaired) electrons. The summed E-state index contributed by atoms with van der Waals surface area (Å²) < 4.78 is 13.8. The van der Waals surface area contributed by atoms with Crippen LogP contribution in [0.4, 0.5) is 4.39 Å². The van der Waals surface area contributed by atoms with Gasteiger partial charge in [0.2, 0.25) is 0 Å². The SMILES string of the molecule is CC(C)C(CNC(=O)c1ccc(Cl)cc1F)N1CCN(C)CC1. The van der Waals surface area contributed by atoms with Gasteiger partial charge < -0.3 is 10.2 Å². The Kier molecular flexibility index (Phi) is 6.39.